The largest absolute Gasteiger partial charge is 0.466 e. The molecule has 2 fully saturated rings. The molecule has 2 heterocycles. The van der Waals surface area contributed by atoms with Crippen LogP contribution in [0.2, 0.25) is 0 Å². The molecule has 2 rings (SSSR count). The lowest BCUT2D eigenvalue weighted by molar-refractivity contribution is -0.956. The van der Waals surface area contributed by atoms with Gasteiger partial charge in [0.1, 0.15) is 5.92 Å². The Morgan fingerprint density at radius 3 is 2.61 bits per heavy atom. The molecule has 2 atom stereocenters. The molecular weight excluding hydrogens is 228 g/mol. The number of hydrogen-bond acceptors (Lipinski definition) is 2. The number of likely N-dealkylation sites (tertiary alicyclic amines) is 2. The van der Waals surface area contributed by atoms with Gasteiger partial charge in [-0.1, -0.05) is 0 Å². The summed E-state index contributed by atoms with van der Waals surface area (Å²) in [6, 6.07) is 0.783. The summed E-state index contributed by atoms with van der Waals surface area (Å²) < 4.78 is 5.18. The minimum atomic E-state index is 0.0354. The van der Waals surface area contributed by atoms with Gasteiger partial charge >= 0.3 is 5.97 Å². The van der Waals surface area contributed by atoms with Gasteiger partial charge in [-0.3, -0.25) is 4.79 Å². The Kier molecular flexibility index (Phi) is 5.01. The zero-order valence-corrected chi connectivity index (χ0v) is 11.8. The number of carbonyl (C=O) groups excluding carboxylic acids is 1. The molecule has 4 nitrogen and oxygen atoms in total. The molecule has 2 aliphatic heterocycles. The van der Waals surface area contributed by atoms with E-state index < -0.39 is 0 Å². The van der Waals surface area contributed by atoms with E-state index in [4.69, 9.17) is 4.74 Å². The maximum absolute atomic E-state index is 11.8. The third kappa shape index (κ3) is 3.45. The fourth-order valence-electron chi connectivity index (χ4n) is 3.45. The Hall–Kier alpha value is -0.610. The molecule has 0 bridgehead atoms. The molecule has 2 aliphatic rings. The van der Waals surface area contributed by atoms with Crippen LogP contribution >= 0.6 is 0 Å². The van der Waals surface area contributed by atoms with Crippen LogP contribution in [0.5, 0.6) is 0 Å². The Balaban J connectivity index is 1.84. The average Bonchev–Trinajstić information content (AvgIpc) is 2.40. The summed E-state index contributed by atoms with van der Waals surface area (Å²) >= 11 is 0. The maximum atomic E-state index is 11.8. The molecule has 0 radical (unpaired) electrons. The Labute approximate surface area is 110 Å². The molecular formula is C14H28N2O2+2. The van der Waals surface area contributed by atoms with Gasteiger partial charge in [0.2, 0.25) is 0 Å². The normalized spacial score (nSPS) is 37.2. The van der Waals surface area contributed by atoms with Crippen molar-refractivity contribution in [1.82, 2.24) is 0 Å². The van der Waals surface area contributed by atoms with Crippen molar-refractivity contribution >= 4 is 5.97 Å². The molecule has 0 amide bonds. The lowest BCUT2D eigenvalue weighted by Crippen LogP contribution is -3.20. The van der Waals surface area contributed by atoms with Gasteiger partial charge in [-0.2, -0.15) is 0 Å². The van der Waals surface area contributed by atoms with Gasteiger partial charge in [0.25, 0.3) is 0 Å². The topological polar surface area (TPSA) is 35.2 Å². The predicted molar refractivity (Wildman–Crippen MR) is 69.7 cm³/mol. The molecule has 2 saturated heterocycles. The smallest absolute Gasteiger partial charge is 0.314 e. The molecule has 0 aromatic heterocycles. The van der Waals surface area contributed by atoms with Crippen molar-refractivity contribution in [3.8, 4) is 0 Å². The first-order valence-corrected chi connectivity index (χ1v) is 7.53. The molecule has 0 aromatic carbocycles. The Morgan fingerprint density at radius 1 is 1.22 bits per heavy atom. The van der Waals surface area contributed by atoms with Crippen LogP contribution in [-0.2, 0) is 9.53 Å². The Bertz CT molecular complexity index is 275. The summed E-state index contributed by atoms with van der Waals surface area (Å²) in [6.45, 7) is 7.24. The second kappa shape index (κ2) is 6.53. The van der Waals surface area contributed by atoms with Gasteiger partial charge in [0.05, 0.1) is 45.9 Å². The van der Waals surface area contributed by atoms with E-state index >= 15 is 0 Å². The number of nitrogens with one attached hydrogen (secondary N) is 2. The summed E-state index contributed by atoms with van der Waals surface area (Å²) in [7, 11) is 2.28. The summed E-state index contributed by atoms with van der Waals surface area (Å²) in [5.74, 6) is 0.189. The third-order valence-corrected chi connectivity index (χ3v) is 4.60. The number of quaternary nitrogens is 2. The summed E-state index contributed by atoms with van der Waals surface area (Å²) in [6.07, 6.45) is 4.84. The molecule has 104 valence electrons. The van der Waals surface area contributed by atoms with Crippen LogP contribution < -0.4 is 9.80 Å². The average molecular weight is 256 g/mol. The molecule has 0 saturated carbocycles. The molecule has 2 N–H and O–H groups in total. The molecule has 4 heteroatoms. The third-order valence-electron chi connectivity index (χ3n) is 4.60. The van der Waals surface area contributed by atoms with E-state index in [9.17, 15) is 4.79 Å². The number of piperidine rings is 2. The first kappa shape index (κ1) is 13.8. The van der Waals surface area contributed by atoms with Crippen molar-refractivity contribution < 1.29 is 19.3 Å². The number of rotatable bonds is 3. The second-order valence-electron chi connectivity index (χ2n) is 5.93. The van der Waals surface area contributed by atoms with Gasteiger partial charge < -0.3 is 14.5 Å². The lowest BCUT2D eigenvalue weighted by atomic mass is 9.94. The van der Waals surface area contributed by atoms with E-state index in [1.807, 2.05) is 6.92 Å². The highest BCUT2D eigenvalue weighted by Crippen LogP contribution is 2.11. The van der Waals surface area contributed by atoms with Crippen LogP contribution in [0.4, 0.5) is 0 Å². The fraction of sp³-hybridized carbons (Fsp3) is 0.929. The molecule has 0 aliphatic carbocycles. The fourth-order valence-corrected chi connectivity index (χ4v) is 3.45. The van der Waals surface area contributed by atoms with Gasteiger partial charge in [0, 0.05) is 12.8 Å². The minimum Gasteiger partial charge on any atom is -0.466 e. The van der Waals surface area contributed by atoms with Crippen LogP contribution in [0, 0.1) is 5.92 Å². The highest BCUT2D eigenvalue weighted by molar-refractivity contribution is 5.72. The van der Waals surface area contributed by atoms with Crippen LogP contribution in [0.3, 0.4) is 0 Å². The first-order valence-electron chi connectivity index (χ1n) is 7.53. The minimum absolute atomic E-state index is 0.0354. The molecule has 18 heavy (non-hydrogen) atoms. The van der Waals surface area contributed by atoms with Gasteiger partial charge in [-0.15, -0.1) is 0 Å². The van der Waals surface area contributed by atoms with E-state index in [2.05, 4.69) is 7.05 Å². The standard InChI is InChI=1S/C14H26N2O2/c1-3-18-14(17)12-5-4-8-16(11-12)13-6-9-15(2)10-7-13/h12-13H,3-11H2,1-2H3/p+2/t12-/m1/s1. The van der Waals surface area contributed by atoms with Gasteiger partial charge in [-0.25, -0.2) is 0 Å². The molecule has 1 unspecified atom stereocenters. The second-order valence-corrected chi connectivity index (χ2v) is 5.93. The van der Waals surface area contributed by atoms with Gasteiger partial charge in [-0.05, 0) is 19.8 Å². The van der Waals surface area contributed by atoms with Crippen LogP contribution in [0.15, 0.2) is 0 Å². The summed E-state index contributed by atoms with van der Waals surface area (Å²) in [4.78, 5) is 15.2. The van der Waals surface area contributed by atoms with Gasteiger partial charge in [0.15, 0.2) is 0 Å². The van der Waals surface area contributed by atoms with E-state index in [0.717, 1.165) is 19.0 Å². The summed E-state index contributed by atoms with van der Waals surface area (Å²) in [5.41, 5.74) is 0. The number of esters is 1. The monoisotopic (exact) mass is 256 g/mol. The zero-order chi connectivity index (χ0) is 13.0. The number of carbonyl (C=O) groups is 1. The van der Waals surface area contributed by atoms with Crippen LogP contribution in [-0.4, -0.2) is 51.8 Å². The van der Waals surface area contributed by atoms with Crippen molar-refractivity contribution in [2.45, 2.75) is 38.6 Å². The molecule has 0 spiro atoms. The van der Waals surface area contributed by atoms with E-state index in [-0.39, 0.29) is 11.9 Å². The van der Waals surface area contributed by atoms with Crippen molar-refractivity contribution in [3.05, 3.63) is 0 Å². The van der Waals surface area contributed by atoms with Crippen molar-refractivity contribution in [3.63, 3.8) is 0 Å². The number of hydrogen-bond donors (Lipinski definition) is 2. The van der Waals surface area contributed by atoms with Crippen LogP contribution in [0.1, 0.15) is 32.6 Å². The van der Waals surface area contributed by atoms with Crippen molar-refractivity contribution in [1.29, 1.82) is 0 Å². The summed E-state index contributed by atoms with van der Waals surface area (Å²) in [5, 5.41) is 0. The zero-order valence-electron chi connectivity index (χ0n) is 11.8. The lowest BCUT2D eigenvalue weighted by Gasteiger charge is -2.37. The molecule has 0 aromatic rings. The van der Waals surface area contributed by atoms with Crippen LogP contribution in [0.25, 0.3) is 0 Å². The van der Waals surface area contributed by atoms with E-state index in [1.165, 1.54) is 38.9 Å². The van der Waals surface area contributed by atoms with E-state index in [0.29, 0.717) is 6.61 Å². The number of ether oxygens (including phenoxy) is 1. The SMILES string of the molecule is CCOC(=O)[C@@H]1CCC[NH+](C2CC[NH+](C)CC2)C1. The van der Waals surface area contributed by atoms with E-state index in [1.54, 1.807) is 9.80 Å². The predicted octanol–water partition coefficient (Wildman–Crippen LogP) is -1.48. The maximum Gasteiger partial charge on any atom is 0.314 e. The highest BCUT2D eigenvalue weighted by atomic mass is 16.5. The Morgan fingerprint density at radius 2 is 1.94 bits per heavy atom. The quantitative estimate of drug-likeness (QED) is 0.604. The van der Waals surface area contributed by atoms with Crippen molar-refractivity contribution in [2.75, 3.05) is 39.8 Å². The highest BCUT2D eigenvalue weighted by Gasteiger charge is 2.35. The first-order chi connectivity index (χ1) is 8.70. The van der Waals surface area contributed by atoms with Crippen molar-refractivity contribution in [2.24, 2.45) is 5.92 Å².